The maximum atomic E-state index is 13.1. The molecular formula is C25H26N2O5. The van der Waals surface area contributed by atoms with Crippen molar-refractivity contribution in [3.8, 4) is 0 Å². The Morgan fingerprint density at radius 1 is 0.844 bits per heavy atom. The second-order valence-electron chi connectivity index (χ2n) is 8.53. The maximum absolute atomic E-state index is 13.1. The van der Waals surface area contributed by atoms with Gasteiger partial charge in [-0.25, -0.2) is 0 Å². The van der Waals surface area contributed by atoms with Crippen molar-refractivity contribution < 1.29 is 23.9 Å². The van der Waals surface area contributed by atoms with Crippen LogP contribution < -0.4 is 10.6 Å². The van der Waals surface area contributed by atoms with Crippen molar-refractivity contribution in [1.82, 2.24) is 0 Å². The third kappa shape index (κ3) is 4.72. The molecule has 0 unspecified atom stereocenters. The highest BCUT2D eigenvalue weighted by Crippen LogP contribution is 2.53. The molecule has 4 atom stereocenters. The van der Waals surface area contributed by atoms with Crippen LogP contribution in [0, 0.1) is 23.7 Å². The number of carbonyl (C=O) groups excluding carboxylic acids is 4. The molecule has 2 saturated carbocycles. The van der Waals surface area contributed by atoms with Crippen LogP contribution in [-0.2, 0) is 19.1 Å². The van der Waals surface area contributed by atoms with Crippen LogP contribution in [0.2, 0.25) is 0 Å². The number of esters is 1. The van der Waals surface area contributed by atoms with Gasteiger partial charge in [0.2, 0.25) is 5.91 Å². The summed E-state index contributed by atoms with van der Waals surface area (Å²) in [6.45, 7) is 1.00. The molecule has 166 valence electrons. The number of anilines is 2. The van der Waals surface area contributed by atoms with Crippen molar-refractivity contribution in [3.05, 3.63) is 60.2 Å². The third-order valence-electron chi connectivity index (χ3n) is 6.38. The normalized spacial score (nSPS) is 23.4. The van der Waals surface area contributed by atoms with E-state index >= 15 is 0 Å². The maximum Gasteiger partial charge on any atom is 0.310 e. The summed E-state index contributed by atoms with van der Waals surface area (Å²) in [5.74, 6) is -1.67. The molecule has 2 amide bonds. The largest absolute Gasteiger partial charge is 0.455 e. The minimum Gasteiger partial charge on any atom is -0.455 e. The van der Waals surface area contributed by atoms with Crippen LogP contribution in [0.5, 0.6) is 0 Å². The van der Waals surface area contributed by atoms with E-state index in [0.717, 1.165) is 19.3 Å². The van der Waals surface area contributed by atoms with Crippen molar-refractivity contribution in [1.29, 1.82) is 0 Å². The minimum atomic E-state index is -0.494. The van der Waals surface area contributed by atoms with E-state index in [1.165, 1.54) is 6.92 Å². The van der Waals surface area contributed by atoms with Gasteiger partial charge in [0, 0.05) is 29.8 Å². The van der Waals surface area contributed by atoms with Gasteiger partial charge in [0.25, 0.3) is 5.91 Å². The number of amides is 2. The Morgan fingerprint density at radius 2 is 1.44 bits per heavy atom. The second kappa shape index (κ2) is 9.34. The van der Waals surface area contributed by atoms with Gasteiger partial charge in [-0.05, 0) is 55.4 Å². The third-order valence-corrected chi connectivity index (χ3v) is 6.38. The van der Waals surface area contributed by atoms with Crippen LogP contribution in [0.4, 0.5) is 11.4 Å². The molecule has 2 fully saturated rings. The smallest absolute Gasteiger partial charge is 0.310 e. The fourth-order valence-electron chi connectivity index (χ4n) is 5.07. The predicted octanol–water partition coefficient (Wildman–Crippen LogP) is 3.67. The van der Waals surface area contributed by atoms with E-state index in [9.17, 15) is 19.2 Å². The summed E-state index contributed by atoms with van der Waals surface area (Å²) in [6.07, 6.45) is 2.72. The summed E-state index contributed by atoms with van der Waals surface area (Å²) >= 11 is 0. The molecule has 2 aromatic rings. The van der Waals surface area contributed by atoms with Crippen molar-refractivity contribution in [2.24, 2.45) is 23.7 Å². The molecule has 0 radical (unpaired) electrons. The van der Waals surface area contributed by atoms with Crippen LogP contribution in [0.1, 0.15) is 36.5 Å². The van der Waals surface area contributed by atoms with E-state index < -0.39 is 24.4 Å². The van der Waals surface area contributed by atoms with Gasteiger partial charge in [0.05, 0.1) is 5.92 Å². The first-order valence-corrected chi connectivity index (χ1v) is 10.9. The van der Waals surface area contributed by atoms with Crippen LogP contribution in [-0.4, -0.2) is 30.2 Å². The van der Waals surface area contributed by atoms with E-state index in [1.807, 2.05) is 18.2 Å². The van der Waals surface area contributed by atoms with Gasteiger partial charge in [0.15, 0.2) is 12.4 Å². The Hall–Kier alpha value is -3.48. The number of carbonyl (C=O) groups is 4. The topological polar surface area (TPSA) is 102 Å². The summed E-state index contributed by atoms with van der Waals surface area (Å²) in [6, 6.07) is 15.7. The van der Waals surface area contributed by atoms with Gasteiger partial charge < -0.3 is 15.4 Å². The van der Waals surface area contributed by atoms with Crippen molar-refractivity contribution in [3.63, 3.8) is 0 Å². The molecule has 2 N–H and O–H groups in total. The Morgan fingerprint density at radius 3 is 2.06 bits per heavy atom. The van der Waals surface area contributed by atoms with Gasteiger partial charge in [-0.15, -0.1) is 0 Å². The first kappa shape index (κ1) is 21.7. The average molecular weight is 434 g/mol. The van der Waals surface area contributed by atoms with Crippen LogP contribution >= 0.6 is 0 Å². The predicted molar refractivity (Wildman–Crippen MR) is 119 cm³/mol. The molecule has 7 nitrogen and oxygen atoms in total. The molecule has 0 saturated heterocycles. The summed E-state index contributed by atoms with van der Waals surface area (Å²) < 4.78 is 5.35. The number of Topliss-reactive ketones (excluding diaryl/α,β-unsaturated/α-hetero) is 1. The molecule has 0 aliphatic heterocycles. The Bertz CT molecular complexity index is 1020. The number of hydrogen-bond acceptors (Lipinski definition) is 5. The minimum absolute atomic E-state index is 0.0107. The summed E-state index contributed by atoms with van der Waals surface area (Å²) in [5, 5.41) is 5.31. The van der Waals surface area contributed by atoms with Crippen molar-refractivity contribution >= 4 is 34.9 Å². The molecule has 0 heterocycles. The van der Waals surface area contributed by atoms with Gasteiger partial charge in [-0.3, -0.25) is 19.2 Å². The first-order chi connectivity index (χ1) is 15.4. The lowest BCUT2D eigenvalue weighted by Crippen LogP contribution is -2.37. The molecule has 4 rings (SSSR count). The fourth-order valence-corrected chi connectivity index (χ4v) is 5.07. The quantitative estimate of drug-likeness (QED) is 0.511. The second-order valence-corrected chi connectivity index (χ2v) is 8.53. The van der Waals surface area contributed by atoms with Gasteiger partial charge in [-0.1, -0.05) is 30.3 Å². The first-order valence-electron chi connectivity index (χ1n) is 10.9. The molecule has 7 heteroatoms. The zero-order chi connectivity index (χ0) is 22.7. The summed E-state index contributed by atoms with van der Waals surface area (Å²) in [7, 11) is 0. The summed E-state index contributed by atoms with van der Waals surface area (Å²) in [5.41, 5.74) is 1.76. The van der Waals surface area contributed by atoms with E-state index in [4.69, 9.17) is 4.74 Å². The Labute approximate surface area is 186 Å². The van der Waals surface area contributed by atoms with E-state index in [0.29, 0.717) is 16.9 Å². The average Bonchev–Trinajstić information content (AvgIpc) is 3.40. The van der Waals surface area contributed by atoms with E-state index in [2.05, 4.69) is 10.6 Å². The van der Waals surface area contributed by atoms with Gasteiger partial charge in [0.1, 0.15) is 0 Å². The number of ether oxygens (including phenoxy) is 1. The van der Waals surface area contributed by atoms with Gasteiger partial charge in [-0.2, -0.15) is 0 Å². The number of rotatable bonds is 7. The SMILES string of the molecule is CC(=O)Nc1ccc(NC(=O)COC(=O)[C@H]2[C@H]3CC[C@@H](C3)[C@H]2C(=O)c2ccccc2)cc1. The van der Waals surface area contributed by atoms with Crippen LogP contribution in [0.3, 0.4) is 0 Å². The molecule has 0 aromatic heterocycles. The monoisotopic (exact) mass is 434 g/mol. The number of benzene rings is 2. The van der Waals surface area contributed by atoms with Crippen LogP contribution in [0.15, 0.2) is 54.6 Å². The van der Waals surface area contributed by atoms with Gasteiger partial charge >= 0.3 is 5.97 Å². The zero-order valence-electron chi connectivity index (χ0n) is 17.9. The molecule has 0 spiro atoms. The van der Waals surface area contributed by atoms with Crippen molar-refractivity contribution in [2.75, 3.05) is 17.2 Å². The van der Waals surface area contributed by atoms with E-state index in [1.54, 1.807) is 36.4 Å². The number of nitrogens with one attached hydrogen (secondary N) is 2. The highest BCUT2D eigenvalue weighted by molar-refractivity contribution is 6.01. The lowest BCUT2D eigenvalue weighted by atomic mass is 9.75. The molecule has 2 bridgehead atoms. The lowest BCUT2D eigenvalue weighted by Gasteiger charge is -2.28. The molecule has 2 aliphatic carbocycles. The Balaban J connectivity index is 1.35. The standard InChI is InChI=1S/C25H26N2O5/c1-15(28)26-19-9-11-20(12-10-19)27-21(29)14-32-25(31)23-18-8-7-17(13-18)22(23)24(30)16-5-3-2-4-6-16/h2-6,9-12,17-18,22-23H,7-8,13-14H2,1H3,(H,26,28)(H,27,29)/t17-,18-,22+,23-/m0/s1. The summed E-state index contributed by atoms with van der Waals surface area (Å²) in [4.78, 5) is 49.3. The fraction of sp³-hybridized carbons (Fsp3) is 0.360. The number of fused-ring (bicyclic) bond motifs is 2. The Kier molecular flexibility index (Phi) is 6.35. The van der Waals surface area contributed by atoms with Crippen LogP contribution in [0.25, 0.3) is 0 Å². The number of hydrogen-bond donors (Lipinski definition) is 2. The zero-order valence-corrected chi connectivity index (χ0v) is 17.9. The lowest BCUT2D eigenvalue weighted by molar-refractivity contribution is -0.154. The molecule has 2 aliphatic rings. The number of ketones is 1. The van der Waals surface area contributed by atoms with E-state index in [-0.39, 0.29) is 29.4 Å². The highest BCUT2D eigenvalue weighted by Gasteiger charge is 2.54. The molecular weight excluding hydrogens is 408 g/mol. The molecule has 32 heavy (non-hydrogen) atoms. The van der Waals surface area contributed by atoms with Crippen molar-refractivity contribution in [2.45, 2.75) is 26.2 Å². The highest BCUT2D eigenvalue weighted by atomic mass is 16.5. The molecule has 2 aromatic carbocycles.